The van der Waals surface area contributed by atoms with Crippen LogP contribution in [0, 0.1) is 0 Å². The van der Waals surface area contributed by atoms with Gasteiger partial charge in [-0.05, 0) is 47.5 Å². The summed E-state index contributed by atoms with van der Waals surface area (Å²) in [4.78, 5) is 28.0. The van der Waals surface area contributed by atoms with E-state index < -0.39 is 16.6 Å². The zero-order valence-electron chi connectivity index (χ0n) is 15.4. The van der Waals surface area contributed by atoms with E-state index in [4.69, 9.17) is 9.26 Å². The average molecular weight is 337 g/mol. The van der Waals surface area contributed by atoms with Gasteiger partial charge in [0, 0.05) is 6.92 Å². The normalized spacial score (nSPS) is 17.1. The predicted octanol–water partition coefficient (Wildman–Crippen LogP) is 2.59. The largest absolute Gasteiger partial charge is 0.460 e. The van der Waals surface area contributed by atoms with E-state index in [0.717, 1.165) is 19.3 Å². The molecule has 7 nitrogen and oxygen atoms in total. The number of hydrogen-bond acceptors (Lipinski definition) is 6. The molecule has 134 valence electrons. The highest BCUT2D eigenvalue weighted by Gasteiger charge is 2.47. The number of nitrogens with one attached hydrogen (secondary N) is 1. The summed E-state index contributed by atoms with van der Waals surface area (Å²) < 4.78 is 10.9. The first kappa shape index (κ1) is 18.4. The van der Waals surface area contributed by atoms with Crippen LogP contribution in [0.15, 0.2) is 4.52 Å². The van der Waals surface area contributed by atoms with Crippen molar-refractivity contribution < 1.29 is 18.8 Å². The second kappa shape index (κ2) is 6.18. The first-order valence-electron chi connectivity index (χ1n) is 8.29. The minimum absolute atomic E-state index is 0.168. The van der Waals surface area contributed by atoms with E-state index in [1.807, 2.05) is 34.6 Å². The number of ether oxygens (including phenoxy) is 1. The maximum Gasteiger partial charge on any atom is 0.307 e. The molecule has 0 saturated heterocycles. The van der Waals surface area contributed by atoms with Crippen LogP contribution in [0.25, 0.3) is 0 Å². The SMILES string of the molecule is CC(=O)NC(C)(C)c1noc(C2(CC(=O)OC(C)(C)C)CCC2)n1. The molecule has 1 N–H and O–H groups in total. The standard InChI is InChI=1S/C17H27N3O4/c1-11(21)19-16(5,6)13-18-14(24-20-13)17(8-7-9-17)10-12(22)23-15(2,3)4/h7-10H2,1-6H3,(H,19,21). The number of esters is 1. The van der Waals surface area contributed by atoms with Crippen molar-refractivity contribution >= 4 is 11.9 Å². The molecule has 24 heavy (non-hydrogen) atoms. The molecule has 1 fully saturated rings. The van der Waals surface area contributed by atoms with Gasteiger partial charge in [0.1, 0.15) is 5.60 Å². The van der Waals surface area contributed by atoms with Crippen LogP contribution in [0.4, 0.5) is 0 Å². The van der Waals surface area contributed by atoms with Crippen molar-refractivity contribution in [1.29, 1.82) is 0 Å². The number of rotatable bonds is 5. The van der Waals surface area contributed by atoms with E-state index >= 15 is 0 Å². The summed E-state index contributed by atoms with van der Waals surface area (Å²) in [6, 6.07) is 0. The van der Waals surface area contributed by atoms with Gasteiger partial charge >= 0.3 is 5.97 Å². The molecular weight excluding hydrogens is 310 g/mol. The second-order valence-electron chi connectivity index (χ2n) is 8.13. The Hall–Kier alpha value is -1.92. The fourth-order valence-electron chi connectivity index (χ4n) is 2.91. The van der Waals surface area contributed by atoms with Crippen LogP contribution in [0.3, 0.4) is 0 Å². The van der Waals surface area contributed by atoms with Gasteiger partial charge in [-0.1, -0.05) is 11.6 Å². The highest BCUT2D eigenvalue weighted by Crippen LogP contribution is 2.46. The summed E-state index contributed by atoms with van der Waals surface area (Å²) in [6.45, 7) is 10.6. The highest BCUT2D eigenvalue weighted by atomic mass is 16.6. The molecule has 0 unspecified atom stereocenters. The zero-order valence-corrected chi connectivity index (χ0v) is 15.4. The van der Waals surface area contributed by atoms with Gasteiger partial charge in [0.15, 0.2) is 5.82 Å². The lowest BCUT2D eigenvalue weighted by atomic mass is 9.66. The summed E-state index contributed by atoms with van der Waals surface area (Å²) in [7, 11) is 0. The third-order valence-corrected chi connectivity index (χ3v) is 4.14. The summed E-state index contributed by atoms with van der Waals surface area (Å²) in [6.07, 6.45) is 2.87. The van der Waals surface area contributed by atoms with Crippen molar-refractivity contribution in [2.75, 3.05) is 0 Å². The van der Waals surface area contributed by atoms with Gasteiger partial charge in [-0.2, -0.15) is 4.98 Å². The van der Waals surface area contributed by atoms with E-state index in [2.05, 4.69) is 15.5 Å². The molecular formula is C17H27N3O4. The highest BCUT2D eigenvalue weighted by molar-refractivity contribution is 5.73. The molecule has 0 radical (unpaired) electrons. The summed E-state index contributed by atoms with van der Waals surface area (Å²) in [5.41, 5.74) is -1.69. The Morgan fingerprint density at radius 3 is 2.33 bits per heavy atom. The molecule has 0 atom stereocenters. The molecule has 1 aliphatic rings. The Morgan fingerprint density at radius 1 is 1.25 bits per heavy atom. The molecule has 0 spiro atoms. The van der Waals surface area contributed by atoms with Crippen molar-refractivity contribution in [3.8, 4) is 0 Å². The number of carbonyl (C=O) groups excluding carboxylic acids is 2. The van der Waals surface area contributed by atoms with Crippen molar-refractivity contribution in [3.05, 3.63) is 11.7 Å². The van der Waals surface area contributed by atoms with Crippen LogP contribution in [-0.2, 0) is 25.3 Å². The third-order valence-electron chi connectivity index (χ3n) is 4.14. The Labute approximate surface area is 142 Å². The van der Waals surface area contributed by atoms with E-state index in [0.29, 0.717) is 11.7 Å². The summed E-state index contributed by atoms with van der Waals surface area (Å²) in [5.74, 6) is 0.428. The van der Waals surface area contributed by atoms with Crippen molar-refractivity contribution in [2.45, 2.75) is 83.8 Å². The van der Waals surface area contributed by atoms with Crippen LogP contribution in [0.5, 0.6) is 0 Å². The maximum absolute atomic E-state index is 12.2. The number of hydrogen-bond donors (Lipinski definition) is 1. The molecule has 1 aliphatic carbocycles. The van der Waals surface area contributed by atoms with E-state index in [1.54, 1.807) is 0 Å². The molecule has 0 aliphatic heterocycles. The van der Waals surface area contributed by atoms with Crippen LogP contribution in [0.2, 0.25) is 0 Å². The van der Waals surface area contributed by atoms with Gasteiger partial charge < -0.3 is 14.6 Å². The molecule has 1 heterocycles. The van der Waals surface area contributed by atoms with Gasteiger partial charge in [0.05, 0.1) is 17.4 Å². The lowest BCUT2D eigenvalue weighted by Gasteiger charge is -2.38. The van der Waals surface area contributed by atoms with Crippen molar-refractivity contribution in [1.82, 2.24) is 15.5 Å². The average Bonchev–Trinajstić information content (AvgIpc) is 2.80. The fourth-order valence-corrected chi connectivity index (χ4v) is 2.91. The first-order chi connectivity index (χ1) is 10.9. The third kappa shape index (κ3) is 4.13. The number of aromatic nitrogens is 2. The van der Waals surface area contributed by atoms with E-state index in [9.17, 15) is 9.59 Å². The molecule has 1 amide bonds. The molecule has 1 saturated carbocycles. The molecule has 0 aromatic carbocycles. The van der Waals surface area contributed by atoms with Gasteiger partial charge in [-0.3, -0.25) is 9.59 Å². The topological polar surface area (TPSA) is 94.3 Å². The van der Waals surface area contributed by atoms with Crippen LogP contribution < -0.4 is 5.32 Å². The van der Waals surface area contributed by atoms with Crippen molar-refractivity contribution in [2.24, 2.45) is 0 Å². The molecule has 1 aromatic heterocycles. The second-order valence-corrected chi connectivity index (χ2v) is 8.13. The molecule has 2 rings (SSSR count). The lowest BCUT2D eigenvalue weighted by Crippen LogP contribution is -2.41. The minimum Gasteiger partial charge on any atom is -0.460 e. The van der Waals surface area contributed by atoms with Gasteiger partial charge in [0.25, 0.3) is 0 Å². The van der Waals surface area contributed by atoms with E-state index in [-0.39, 0.29) is 18.3 Å². The van der Waals surface area contributed by atoms with Gasteiger partial charge in [0.2, 0.25) is 11.8 Å². The maximum atomic E-state index is 12.2. The Morgan fingerprint density at radius 2 is 1.88 bits per heavy atom. The van der Waals surface area contributed by atoms with Crippen LogP contribution in [-0.4, -0.2) is 27.6 Å². The summed E-state index contributed by atoms with van der Waals surface area (Å²) in [5, 5.41) is 6.81. The molecule has 7 heteroatoms. The van der Waals surface area contributed by atoms with Gasteiger partial charge in [-0.25, -0.2) is 0 Å². The van der Waals surface area contributed by atoms with Crippen LogP contribution >= 0.6 is 0 Å². The number of amides is 1. The number of carbonyl (C=O) groups is 2. The fraction of sp³-hybridized carbons (Fsp3) is 0.765. The predicted molar refractivity (Wildman–Crippen MR) is 87.1 cm³/mol. The van der Waals surface area contributed by atoms with E-state index in [1.165, 1.54) is 6.92 Å². The zero-order chi connectivity index (χ0) is 18.2. The van der Waals surface area contributed by atoms with Gasteiger partial charge in [-0.15, -0.1) is 0 Å². The summed E-state index contributed by atoms with van der Waals surface area (Å²) >= 11 is 0. The molecule has 0 bridgehead atoms. The quantitative estimate of drug-likeness (QED) is 0.830. The Bertz CT molecular complexity index is 624. The monoisotopic (exact) mass is 337 g/mol. The smallest absolute Gasteiger partial charge is 0.307 e. The minimum atomic E-state index is -0.732. The van der Waals surface area contributed by atoms with Crippen LogP contribution in [0.1, 0.15) is 78.9 Å². The lowest BCUT2D eigenvalue weighted by molar-refractivity contribution is -0.157. The Kier molecular flexibility index (Phi) is 4.74. The Balaban J connectivity index is 2.17. The number of nitrogens with zero attached hydrogens (tertiary/aromatic N) is 2. The van der Waals surface area contributed by atoms with Crippen molar-refractivity contribution in [3.63, 3.8) is 0 Å². The first-order valence-corrected chi connectivity index (χ1v) is 8.29. The molecule has 1 aromatic rings.